The van der Waals surface area contributed by atoms with Gasteiger partial charge in [0.2, 0.25) is 17.7 Å². The summed E-state index contributed by atoms with van der Waals surface area (Å²) in [6.07, 6.45) is 12.9. The molecule has 0 saturated carbocycles. The second-order valence-corrected chi connectivity index (χ2v) is 18.6. The van der Waals surface area contributed by atoms with Crippen molar-refractivity contribution in [2.24, 2.45) is 0 Å². The van der Waals surface area contributed by atoms with Crippen LogP contribution in [0.5, 0.6) is 0 Å². The van der Waals surface area contributed by atoms with Gasteiger partial charge in [-0.25, -0.2) is 39.0 Å². The Balaban J connectivity index is 0.000000191. The number of aromatic amines is 1. The molecule has 0 aliphatic rings. The number of benzene rings is 4. The lowest BCUT2D eigenvalue weighted by Crippen LogP contribution is -2.29. The number of halogens is 2. The van der Waals surface area contributed by atoms with Gasteiger partial charge in [-0.1, -0.05) is 118 Å². The van der Waals surface area contributed by atoms with E-state index in [-0.39, 0.29) is 11.1 Å². The number of hydrogen-bond donors (Lipinski definition) is 1. The van der Waals surface area contributed by atoms with Crippen LogP contribution in [0.2, 0.25) is 0 Å². The highest BCUT2D eigenvalue weighted by Gasteiger charge is 2.20. The number of aromatic nitrogens is 12. The third-order valence-electron chi connectivity index (χ3n) is 11.9. The van der Waals surface area contributed by atoms with Crippen LogP contribution in [0.15, 0.2) is 140 Å². The molecule has 0 amide bonds. The number of aryl methyl sites for hydroxylation is 4. The fourth-order valence-corrected chi connectivity index (χ4v) is 8.67. The van der Waals surface area contributed by atoms with E-state index in [0.717, 1.165) is 97.8 Å². The molecule has 5 heterocycles. The molecule has 15 nitrogen and oxygen atoms in total. The van der Waals surface area contributed by atoms with Crippen LogP contribution in [0.4, 0.5) is 0 Å². The molecule has 356 valence electrons. The van der Waals surface area contributed by atoms with Gasteiger partial charge in [0, 0.05) is 54.3 Å². The quantitative estimate of drug-likeness (QED) is 0.102. The molecule has 0 radical (unpaired) electrons. The van der Waals surface area contributed by atoms with E-state index in [1.807, 2.05) is 98.8 Å². The predicted octanol–water partition coefficient (Wildman–Crippen LogP) is 10.4. The molecular formula is C54H49Br2N13O2. The Morgan fingerprint density at radius 1 is 0.592 bits per heavy atom. The summed E-state index contributed by atoms with van der Waals surface area (Å²) in [6.45, 7) is 7.89. The number of nitrogens with one attached hydrogen (secondary N) is 1. The lowest BCUT2D eigenvalue weighted by Gasteiger charge is -2.15. The van der Waals surface area contributed by atoms with Crippen molar-refractivity contribution in [2.45, 2.75) is 79.1 Å². The minimum absolute atomic E-state index is 0.132. The fourth-order valence-electron chi connectivity index (χ4n) is 8.26. The van der Waals surface area contributed by atoms with Crippen molar-refractivity contribution in [1.29, 1.82) is 5.26 Å². The normalized spacial score (nSPS) is 10.9. The lowest BCUT2D eigenvalue weighted by atomic mass is 9.96. The highest BCUT2D eigenvalue weighted by Crippen LogP contribution is 2.30. The molecule has 0 atom stereocenters. The van der Waals surface area contributed by atoms with Gasteiger partial charge >= 0.3 is 0 Å². The predicted molar refractivity (Wildman–Crippen MR) is 280 cm³/mol. The molecule has 71 heavy (non-hydrogen) atoms. The second-order valence-electron chi connectivity index (χ2n) is 16.7. The summed E-state index contributed by atoms with van der Waals surface area (Å²) in [5, 5.41) is 23.9. The minimum atomic E-state index is -0.139. The third kappa shape index (κ3) is 11.7. The smallest absolute Gasteiger partial charge is 0.264 e. The molecule has 9 rings (SSSR count). The highest BCUT2D eigenvalue weighted by atomic mass is 79.9. The molecule has 4 aromatic carbocycles. The molecule has 5 aromatic heterocycles. The summed E-state index contributed by atoms with van der Waals surface area (Å²) < 4.78 is 4.46. The molecule has 0 spiro atoms. The first-order valence-electron chi connectivity index (χ1n) is 23.3. The lowest BCUT2D eigenvalue weighted by molar-refractivity contribution is 0.721. The molecular weight excluding hydrogens is 1020 g/mol. The van der Waals surface area contributed by atoms with Crippen LogP contribution in [0, 0.1) is 25.2 Å². The summed E-state index contributed by atoms with van der Waals surface area (Å²) in [4.78, 5) is 54.3. The van der Waals surface area contributed by atoms with E-state index in [0.29, 0.717) is 58.9 Å². The first-order valence-corrected chi connectivity index (χ1v) is 24.8. The van der Waals surface area contributed by atoms with Gasteiger partial charge in [0.1, 0.15) is 11.6 Å². The van der Waals surface area contributed by atoms with E-state index in [1.165, 1.54) is 9.13 Å². The van der Waals surface area contributed by atoms with Crippen LogP contribution in [0.25, 0.3) is 45.5 Å². The first-order chi connectivity index (χ1) is 34.6. The van der Waals surface area contributed by atoms with Crippen molar-refractivity contribution in [3.8, 4) is 51.6 Å². The van der Waals surface area contributed by atoms with Gasteiger partial charge < -0.3 is 0 Å². The molecule has 0 aliphatic carbocycles. The van der Waals surface area contributed by atoms with Crippen LogP contribution in [-0.2, 0) is 25.7 Å². The van der Waals surface area contributed by atoms with E-state index in [2.05, 4.69) is 104 Å². The molecule has 0 saturated heterocycles. The van der Waals surface area contributed by atoms with E-state index in [9.17, 15) is 14.9 Å². The second kappa shape index (κ2) is 23.3. The molecule has 9 aromatic rings. The maximum Gasteiger partial charge on any atom is 0.264 e. The number of nitriles is 1. The molecule has 0 fully saturated rings. The fraction of sp³-hybridized carbons (Fsp3) is 0.222. The van der Waals surface area contributed by atoms with Crippen LogP contribution in [-0.4, -0.2) is 59.7 Å². The molecule has 17 heteroatoms. The third-order valence-corrected chi connectivity index (χ3v) is 12.7. The van der Waals surface area contributed by atoms with Gasteiger partial charge in [-0.2, -0.15) is 10.5 Å². The number of tetrazole rings is 1. The van der Waals surface area contributed by atoms with Crippen molar-refractivity contribution in [2.75, 3.05) is 0 Å². The van der Waals surface area contributed by atoms with Gasteiger partial charge in [0.05, 0.1) is 32.0 Å². The first kappa shape index (κ1) is 49.7. The Bertz CT molecular complexity index is 3430. The zero-order valence-corrected chi connectivity index (χ0v) is 42.8. The van der Waals surface area contributed by atoms with Gasteiger partial charge in [-0.3, -0.25) is 9.59 Å². The van der Waals surface area contributed by atoms with E-state index in [4.69, 9.17) is 9.97 Å². The average Bonchev–Trinajstić information content (AvgIpc) is 3.94. The molecule has 0 aliphatic heterocycles. The average molecular weight is 1070 g/mol. The van der Waals surface area contributed by atoms with Gasteiger partial charge in [0.25, 0.3) is 11.1 Å². The summed E-state index contributed by atoms with van der Waals surface area (Å²) in [6, 6.07) is 33.9. The number of unbranched alkanes of at least 4 members (excludes halogenated alkanes) is 2. The van der Waals surface area contributed by atoms with Crippen molar-refractivity contribution in [1.82, 2.24) is 59.7 Å². The monoisotopic (exact) mass is 1070 g/mol. The minimum Gasteiger partial charge on any atom is -0.268 e. The maximum absolute atomic E-state index is 13.7. The highest BCUT2D eigenvalue weighted by molar-refractivity contribution is 9.10. The Kier molecular flexibility index (Phi) is 16.3. The maximum atomic E-state index is 13.7. The van der Waals surface area contributed by atoms with Crippen molar-refractivity contribution in [3.05, 3.63) is 202 Å². The van der Waals surface area contributed by atoms with E-state index >= 15 is 0 Å². The van der Waals surface area contributed by atoms with Crippen LogP contribution < -0.4 is 11.1 Å². The largest absolute Gasteiger partial charge is 0.268 e. The summed E-state index contributed by atoms with van der Waals surface area (Å²) in [7, 11) is 0. The Morgan fingerprint density at radius 3 is 1.46 bits per heavy atom. The van der Waals surface area contributed by atoms with Gasteiger partial charge in [0.15, 0.2) is 0 Å². The Morgan fingerprint density at radius 2 is 1.03 bits per heavy atom. The SMILES string of the molecule is CCCCc1nc(C)n(-c2ncc(Br)cn2)c(=O)c1Cc1ccc(-c2ccccc2-c2nn[nH]n2)cc1.CCCCc1nc(C)n(-c2ncc(Br)cn2)c(=O)c1Cc1ccc(-c2ccccc2C#N)cc1. The van der Waals surface area contributed by atoms with Gasteiger partial charge in [-0.05, 0) is 116 Å². The number of rotatable bonds is 15. The zero-order chi connectivity index (χ0) is 49.9. The van der Waals surface area contributed by atoms with Crippen LogP contribution in [0.3, 0.4) is 0 Å². The number of H-pyrrole nitrogens is 1. The number of nitrogens with zero attached hydrogens (tertiary/aromatic N) is 12. The number of hydrogen-bond acceptors (Lipinski definition) is 12. The Hall–Kier alpha value is -7.68. The van der Waals surface area contributed by atoms with Crippen molar-refractivity contribution < 1.29 is 0 Å². The van der Waals surface area contributed by atoms with Crippen LogP contribution >= 0.6 is 31.9 Å². The summed E-state index contributed by atoms with van der Waals surface area (Å²) >= 11 is 6.69. The molecule has 0 unspecified atom stereocenters. The van der Waals surface area contributed by atoms with E-state index < -0.39 is 0 Å². The van der Waals surface area contributed by atoms with Crippen molar-refractivity contribution >= 4 is 31.9 Å². The van der Waals surface area contributed by atoms with Crippen molar-refractivity contribution in [3.63, 3.8) is 0 Å². The summed E-state index contributed by atoms with van der Waals surface area (Å²) in [5.41, 5.74) is 10.2. The zero-order valence-electron chi connectivity index (χ0n) is 39.6. The standard InChI is InChI=1S/C27H25BrN8O.C27H24BrN5O/c1-3-4-9-24-23(26(37)36(17(2)31-24)27-29-15-20(28)16-30-27)14-18-10-12-19(13-11-18)21-7-5-6-8-22(21)25-32-34-35-33-25;1-3-4-9-25-24(26(34)33(18(2)32-25)27-30-16-22(28)17-31-27)14-19-10-12-20(13-11-19)23-8-6-5-7-21(23)15-29/h5-8,10-13,15-16H,3-4,9,14H2,1-2H3,(H,32,33,34,35);5-8,10-13,16-17H,3-4,9,14H2,1-2H3. The van der Waals surface area contributed by atoms with Crippen LogP contribution in [0.1, 0.15) is 90.4 Å². The summed E-state index contributed by atoms with van der Waals surface area (Å²) in [5.74, 6) is 2.32. The topological polar surface area (TPSA) is 200 Å². The molecule has 1 N–H and O–H groups in total. The van der Waals surface area contributed by atoms with E-state index in [1.54, 1.807) is 24.8 Å². The van der Waals surface area contributed by atoms with Gasteiger partial charge in [-0.15, -0.1) is 10.2 Å². The molecule has 0 bridgehead atoms. The Labute approximate surface area is 427 Å².